The second-order valence-corrected chi connectivity index (χ2v) is 6.94. The second-order valence-electron chi connectivity index (χ2n) is 6.94. The Bertz CT molecular complexity index is 895. The number of nitriles is 1. The molecule has 0 aliphatic carbocycles. The van der Waals surface area contributed by atoms with Crippen molar-refractivity contribution in [1.29, 1.82) is 5.26 Å². The molecule has 152 valence electrons. The van der Waals surface area contributed by atoms with Crippen LogP contribution in [0.2, 0.25) is 0 Å². The fourth-order valence-electron chi connectivity index (χ4n) is 3.04. The first kappa shape index (κ1) is 22.0. The molecule has 0 radical (unpaired) electrons. The fourth-order valence-corrected chi connectivity index (χ4v) is 3.04. The van der Waals surface area contributed by atoms with Crippen LogP contribution >= 0.6 is 0 Å². The molecule has 29 heavy (non-hydrogen) atoms. The Kier molecular flexibility index (Phi) is 7.85. The average Bonchev–Trinajstić information content (AvgIpc) is 2.73. The minimum Gasteiger partial charge on any atom is -0.493 e. The number of nitrogens with zero attached hydrogens (tertiary/aromatic N) is 2. The molecule has 0 aliphatic heterocycles. The Morgan fingerprint density at radius 1 is 1.14 bits per heavy atom. The van der Waals surface area contributed by atoms with E-state index in [0.29, 0.717) is 23.6 Å². The Morgan fingerprint density at radius 2 is 1.83 bits per heavy atom. The van der Waals surface area contributed by atoms with E-state index >= 15 is 0 Å². The second kappa shape index (κ2) is 10.3. The van der Waals surface area contributed by atoms with Crippen LogP contribution in [0.4, 0.5) is 0 Å². The zero-order valence-corrected chi connectivity index (χ0v) is 17.7. The van der Waals surface area contributed by atoms with Gasteiger partial charge in [-0.05, 0) is 69.2 Å². The lowest BCUT2D eigenvalue weighted by atomic mass is 10.0. The van der Waals surface area contributed by atoms with Crippen LogP contribution in [0.1, 0.15) is 50.4 Å². The molecule has 1 unspecified atom stereocenters. The molecule has 0 spiro atoms. The third kappa shape index (κ3) is 5.86. The number of amides is 1. The first-order chi connectivity index (χ1) is 13.9. The van der Waals surface area contributed by atoms with Crippen LogP contribution in [0.25, 0.3) is 6.08 Å². The summed E-state index contributed by atoms with van der Waals surface area (Å²) in [6, 6.07) is 14.9. The first-order valence-electron chi connectivity index (χ1n) is 9.73. The summed E-state index contributed by atoms with van der Waals surface area (Å²) in [6.07, 6.45) is 3.40. The number of hydrogen-bond donors (Lipinski definition) is 0. The summed E-state index contributed by atoms with van der Waals surface area (Å²) in [6.45, 7) is 8.43. The molecule has 0 N–H and O–H groups in total. The molecule has 0 aromatic heterocycles. The highest BCUT2D eigenvalue weighted by Gasteiger charge is 2.18. The Morgan fingerprint density at radius 3 is 2.38 bits per heavy atom. The summed E-state index contributed by atoms with van der Waals surface area (Å²) in [5.41, 5.74) is 2.45. The number of carbonyl (C=O) groups excluding carboxylic acids is 1. The van der Waals surface area contributed by atoms with Gasteiger partial charge in [0, 0.05) is 12.6 Å². The van der Waals surface area contributed by atoms with Crippen LogP contribution in [0.3, 0.4) is 0 Å². The molecule has 2 aromatic rings. The van der Waals surface area contributed by atoms with Gasteiger partial charge in [-0.1, -0.05) is 18.2 Å². The molecule has 2 aromatic carbocycles. The number of ether oxygens (including phenoxy) is 2. The average molecular weight is 392 g/mol. The van der Waals surface area contributed by atoms with Crippen molar-refractivity contribution < 1.29 is 14.3 Å². The van der Waals surface area contributed by atoms with E-state index in [1.54, 1.807) is 36.3 Å². The Labute approximate surface area is 173 Å². The van der Waals surface area contributed by atoms with E-state index in [-0.39, 0.29) is 18.1 Å². The summed E-state index contributed by atoms with van der Waals surface area (Å²) >= 11 is 0. The van der Waals surface area contributed by atoms with Crippen molar-refractivity contribution in [3.05, 3.63) is 65.2 Å². The third-order valence-electron chi connectivity index (χ3n) is 4.58. The number of benzene rings is 2. The van der Waals surface area contributed by atoms with Crippen molar-refractivity contribution in [1.82, 2.24) is 4.90 Å². The maximum Gasteiger partial charge on any atom is 0.247 e. The van der Waals surface area contributed by atoms with E-state index in [4.69, 9.17) is 14.7 Å². The quantitative estimate of drug-likeness (QED) is 0.595. The minimum absolute atomic E-state index is 0.0497. The molecule has 2 rings (SSSR count). The minimum atomic E-state index is -0.0961. The van der Waals surface area contributed by atoms with Crippen LogP contribution in [0, 0.1) is 11.3 Å². The van der Waals surface area contributed by atoms with E-state index in [2.05, 4.69) is 6.07 Å². The van der Waals surface area contributed by atoms with Crippen LogP contribution in [-0.2, 0) is 4.79 Å². The van der Waals surface area contributed by atoms with Gasteiger partial charge in [-0.2, -0.15) is 5.26 Å². The Hall–Kier alpha value is -3.26. The molecule has 5 nitrogen and oxygen atoms in total. The van der Waals surface area contributed by atoms with Crippen LogP contribution in [0.5, 0.6) is 11.5 Å². The maximum atomic E-state index is 12.8. The molecular weight excluding hydrogens is 364 g/mol. The predicted octanol–water partition coefficient (Wildman–Crippen LogP) is 4.98. The maximum absolute atomic E-state index is 12.8. The largest absolute Gasteiger partial charge is 0.493 e. The highest BCUT2D eigenvalue weighted by Crippen LogP contribution is 2.29. The molecule has 5 heteroatoms. The zero-order chi connectivity index (χ0) is 21.4. The molecule has 0 aliphatic rings. The highest BCUT2D eigenvalue weighted by atomic mass is 16.5. The monoisotopic (exact) mass is 392 g/mol. The van der Waals surface area contributed by atoms with Gasteiger partial charge in [-0.15, -0.1) is 0 Å². The topological polar surface area (TPSA) is 62.6 Å². The molecule has 0 bridgehead atoms. The molecule has 0 fully saturated rings. The third-order valence-corrected chi connectivity index (χ3v) is 4.58. The lowest BCUT2D eigenvalue weighted by molar-refractivity contribution is -0.127. The van der Waals surface area contributed by atoms with E-state index < -0.39 is 0 Å². The van der Waals surface area contributed by atoms with Crippen molar-refractivity contribution in [3.8, 4) is 17.6 Å². The number of rotatable bonds is 8. The number of methoxy groups -OCH3 is 1. The summed E-state index contributed by atoms with van der Waals surface area (Å²) in [7, 11) is 1.60. The molecule has 0 heterocycles. The van der Waals surface area contributed by atoms with Crippen molar-refractivity contribution in [2.75, 3.05) is 13.7 Å². The van der Waals surface area contributed by atoms with Crippen LogP contribution < -0.4 is 9.47 Å². The van der Waals surface area contributed by atoms with E-state index in [0.717, 1.165) is 11.1 Å². The molecule has 0 saturated carbocycles. The SMILES string of the molecule is CCN(C(=O)C=Cc1ccc(OC(C)C)c(OC)c1)C(C)c1ccc(C#N)cc1. The van der Waals surface area contributed by atoms with Crippen molar-refractivity contribution >= 4 is 12.0 Å². The predicted molar refractivity (Wildman–Crippen MR) is 115 cm³/mol. The van der Waals surface area contributed by atoms with Gasteiger partial charge in [0.15, 0.2) is 11.5 Å². The van der Waals surface area contributed by atoms with Gasteiger partial charge in [0.25, 0.3) is 0 Å². The van der Waals surface area contributed by atoms with E-state index in [1.807, 2.05) is 58.0 Å². The zero-order valence-electron chi connectivity index (χ0n) is 17.7. The lowest BCUT2D eigenvalue weighted by Crippen LogP contribution is -2.32. The number of likely N-dealkylation sites (N-methyl/N-ethyl adjacent to an activating group) is 1. The van der Waals surface area contributed by atoms with Gasteiger partial charge in [-0.3, -0.25) is 4.79 Å². The summed E-state index contributed by atoms with van der Waals surface area (Å²) in [5.74, 6) is 1.23. The summed E-state index contributed by atoms with van der Waals surface area (Å²) in [4.78, 5) is 14.6. The van der Waals surface area contributed by atoms with Crippen LogP contribution in [0.15, 0.2) is 48.5 Å². The molecule has 1 atom stereocenters. The van der Waals surface area contributed by atoms with E-state index in [1.165, 1.54) is 0 Å². The smallest absolute Gasteiger partial charge is 0.247 e. The van der Waals surface area contributed by atoms with E-state index in [9.17, 15) is 4.79 Å². The fraction of sp³-hybridized carbons (Fsp3) is 0.333. The lowest BCUT2D eigenvalue weighted by Gasteiger charge is -2.27. The summed E-state index contributed by atoms with van der Waals surface area (Å²) in [5, 5.41) is 8.95. The van der Waals surface area contributed by atoms with Crippen molar-refractivity contribution in [2.24, 2.45) is 0 Å². The van der Waals surface area contributed by atoms with Crippen molar-refractivity contribution in [2.45, 2.75) is 39.8 Å². The van der Waals surface area contributed by atoms with Gasteiger partial charge in [0.05, 0.1) is 30.9 Å². The normalized spacial score (nSPS) is 11.9. The molecule has 1 amide bonds. The molecule has 0 saturated heterocycles. The Balaban J connectivity index is 2.15. The highest BCUT2D eigenvalue weighted by molar-refractivity contribution is 5.92. The van der Waals surface area contributed by atoms with Gasteiger partial charge >= 0.3 is 0 Å². The molecular formula is C24H28N2O3. The number of hydrogen-bond acceptors (Lipinski definition) is 4. The first-order valence-corrected chi connectivity index (χ1v) is 9.73. The van der Waals surface area contributed by atoms with Gasteiger partial charge in [0.2, 0.25) is 5.91 Å². The number of carbonyl (C=O) groups is 1. The van der Waals surface area contributed by atoms with Gasteiger partial charge in [-0.25, -0.2) is 0 Å². The van der Waals surface area contributed by atoms with Gasteiger partial charge in [0.1, 0.15) is 0 Å². The van der Waals surface area contributed by atoms with Crippen LogP contribution in [-0.4, -0.2) is 30.6 Å². The van der Waals surface area contributed by atoms with Crippen molar-refractivity contribution in [3.63, 3.8) is 0 Å². The standard InChI is InChI=1S/C24H28N2O3/c1-6-26(18(4)21-11-7-20(16-25)8-12-21)24(27)14-10-19-9-13-22(29-17(2)3)23(15-19)28-5/h7-15,17-18H,6H2,1-5H3. The van der Waals surface area contributed by atoms with Gasteiger partial charge < -0.3 is 14.4 Å². The summed E-state index contributed by atoms with van der Waals surface area (Å²) < 4.78 is 11.1.